The van der Waals surface area contributed by atoms with Gasteiger partial charge in [0, 0.05) is 6.42 Å². The quantitative estimate of drug-likeness (QED) is 0.750. The number of primary amides is 1. The number of nitrogens with two attached hydrogens (primary N) is 1. The van der Waals surface area contributed by atoms with Gasteiger partial charge in [0.1, 0.15) is 5.75 Å². The van der Waals surface area contributed by atoms with Crippen LogP contribution in [0.3, 0.4) is 0 Å². The van der Waals surface area contributed by atoms with E-state index in [1.54, 1.807) is 0 Å². The summed E-state index contributed by atoms with van der Waals surface area (Å²) in [6, 6.07) is 7.98. The van der Waals surface area contributed by atoms with Crippen LogP contribution in [0.15, 0.2) is 24.3 Å². The van der Waals surface area contributed by atoms with Gasteiger partial charge in [-0.2, -0.15) is 0 Å². The molecule has 0 radical (unpaired) electrons. The van der Waals surface area contributed by atoms with Gasteiger partial charge in [-0.25, -0.2) is 0 Å². The molecule has 0 saturated heterocycles. The minimum atomic E-state index is -0.277. The van der Waals surface area contributed by atoms with E-state index in [9.17, 15) is 4.79 Å². The van der Waals surface area contributed by atoms with Gasteiger partial charge < -0.3 is 10.5 Å². The molecule has 0 aliphatic rings. The number of para-hydroxylation sites is 1. The van der Waals surface area contributed by atoms with E-state index < -0.39 is 0 Å². The van der Waals surface area contributed by atoms with Crippen LogP contribution in [0.4, 0.5) is 0 Å². The summed E-state index contributed by atoms with van der Waals surface area (Å²) in [4.78, 5) is 10.6. The molecule has 88 valence electrons. The van der Waals surface area contributed by atoms with Crippen LogP contribution < -0.4 is 10.5 Å². The fourth-order valence-electron chi connectivity index (χ4n) is 1.52. The number of hydrogen-bond acceptors (Lipinski definition) is 2. The van der Waals surface area contributed by atoms with E-state index in [4.69, 9.17) is 10.5 Å². The fourth-order valence-corrected chi connectivity index (χ4v) is 1.52. The van der Waals surface area contributed by atoms with Gasteiger partial charge in [0.05, 0.1) is 6.61 Å². The Morgan fingerprint density at radius 1 is 1.38 bits per heavy atom. The van der Waals surface area contributed by atoms with Crippen molar-refractivity contribution < 1.29 is 9.53 Å². The maximum atomic E-state index is 10.6. The number of carbonyl (C=O) groups is 1. The molecule has 0 saturated carbocycles. The molecule has 1 aromatic carbocycles. The minimum Gasteiger partial charge on any atom is -0.493 e. The van der Waals surface area contributed by atoms with E-state index in [1.165, 1.54) is 5.56 Å². The Kier molecular flexibility index (Phi) is 4.83. The molecule has 2 N–H and O–H groups in total. The van der Waals surface area contributed by atoms with Crippen LogP contribution in [-0.4, -0.2) is 12.5 Å². The molecule has 3 nitrogen and oxygen atoms in total. The summed E-state index contributed by atoms with van der Waals surface area (Å²) >= 11 is 0. The van der Waals surface area contributed by atoms with Crippen molar-refractivity contribution >= 4 is 5.91 Å². The summed E-state index contributed by atoms with van der Waals surface area (Å²) in [5.41, 5.74) is 6.25. The Bertz CT molecular complexity index is 348. The fraction of sp³-hybridized carbons (Fsp3) is 0.462. The monoisotopic (exact) mass is 221 g/mol. The maximum Gasteiger partial charge on any atom is 0.217 e. The summed E-state index contributed by atoms with van der Waals surface area (Å²) in [7, 11) is 0. The highest BCUT2D eigenvalue weighted by atomic mass is 16.5. The van der Waals surface area contributed by atoms with Gasteiger partial charge in [0.15, 0.2) is 0 Å². The van der Waals surface area contributed by atoms with Gasteiger partial charge in [0.25, 0.3) is 0 Å². The molecule has 0 heterocycles. The smallest absolute Gasteiger partial charge is 0.217 e. The van der Waals surface area contributed by atoms with Crippen molar-refractivity contribution in [1.29, 1.82) is 0 Å². The number of amides is 1. The Hall–Kier alpha value is -1.51. The molecule has 0 aromatic heterocycles. The lowest BCUT2D eigenvalue weighted by atomic mass is 10.0. The average Bonchev–Trinajstić information content (AvgIpc) is 2.24. The van der Waals surface area contributed by atoms with Crippen LogP contribution in [-0.2, 0) is 4.79 Å². The van der Waals surface area contributed by atoms with E-state index in [-0.39, 0.29) is 5.91 Å². The Labute approximate surface area is 96.6 Å². The summed E-state index contributed by atoms with van der Waals surface area (Å²) in [6.07, 6.45) is 1.05. The van der Waals surface area contributed by atoms with Crippen molar-refractivity contribution in [3.05, 3.63) is 29.8 Å². The highest BCUT2D eigenvalue weighted by Gasteiger charge is 2.06. The molecule has 0 atom stereocenters. The molecule has 0 fully saturated rings. The summed E-state index contributed by atoms with van der Waals surface area (Å²) in [5.74, 6) is 1.06. The van der Waals surface area contributed by atoms with Gasteiger partial charge in [-0.1, -0.05) is 32.0 Å². The van der Waals surface area contributed by atoms with Crippen LogP contribution in [0.25, 0.3) is 0 Å². The van der Waals surface area contributed by atoms with Crippen LogP contribution in [0, 0.1) is 0 Å². The lowest BCUT2D eigenvalue weighted by Crippen LogP contribution is -2.12. The lowest BCUT2D eigenvalue weighted by molar-refractivity contribution is -0.118. The van der Waals surface area contributed by atoms with Gasteiger partial charge in [-0.3, -0.25) is 4.79 Å². The molecule has 3 heteroatoms. The van der Waals surface area contributed by atoms with E-state index in [0.29, 0.717) is 25.4 Å². The third-order valence-corrected chi connectivity index (χ3v) is 2.37. The zero-order chi connectivity index (χ0) is 12.0. The van der Waals surface area contributed by atoms with E-state index in [2.05, 4.69) is 19.9 Å². The largest absolute Gasteiger partial charge is 0.493 e. The molecule has 0 spiro atoms. The van der Waals surface area contributed by atoms with Crippen LogP contribution in [0.2, 0.25) is 0 Å². The van der Waals surface area contributed by atoms with Crippen molar-refractivity contribution in [3.8, 4) is 5.75 Å². The normalized spacial score (nSPS) is 10.4. The second-order valence-electron chi connectivity index (χ2n) is 4.11. The highest BCUT2D eigenvalue weighted by molar-refractivity contribution is 5.73. The van der Waals surface area contributed by atoms with E-state index >= 15 is 0 Å². The van der Waals surface area contributed by atoms with E-state index in [1.807, 2.05) is 18.2 Å². The zero-order valence-electron chi connectivity index (χ0n) is 9.90. The second-order valence-corrected chi connectivity index (χ2v) is 4.11. The third kappa shape index (κ3) is 3.93. The topological polar surface area (TPSA) is 52.3 Å². The third-order valence-electron chi connectivity index (χ3n) is 2.37. The maximum absolute atomic E-state index is 10.6. The number of benzene rings is 1. The van der Waals surface area contributed by atoms with Crippen molar-refractivity contribution in [2.45, 2.75) is 32.6 Å². The first-order chi connectivity index (χ1) is 7.61. The van der Waals surface area contributed by atoms with Crippen molar-refractivity contribution in [2.24, 2.45) is 5.73 Å². The lowest BCUT2D eigenvalue weighted by Gasteiger charge is -2.13. The van der Waals surface area contributed by atoms with Crippen LogP contribution >= 0.6 is 0 Å². The first-order valence-corrected chi connectivity index (χ1v) is 5.61. The van der Waals surface area contributed by atoms with Gasteiger partial charge >= 0.3 is 0 Å². The summed E-state index contributed by atoms with van der Waals surface area (Å²) < 4.78 is 5.64. The number of rotatable bonds is 6. The molecular weight excluding hydrogens is 202 g/mol. The molecule has 0 unspecified atom stereocenters. The van der Waals surface area contributed by atoms with Gasteiger partial charge in [-0.15, -0.1) is 0 Å². The molecule has 1 rings (SSSR count). The summed E-state index contributed by atoms with van der Waals surface area (Å²) in [6.45, 7) is 4.80. The van der Waals surface area contributed by atoms with Crippen molar-refractivity contribution in [1.82, 2.24) is 0 Å². The van der Waals surface area contributed by atoms with Crippen molar-refractivity contribution in [3.63, 3.8) is 0 Å². The van der Waals surface area contributed by atoms with E-state index in [0.717, 1.165) is 5.75 Å². The van der Waals surface area contributed by atoms with Gasteiger partial charge in [0.2, 0.25) is 5.91 Å². The minimum absolute atomic E-state index is 0.277. The zero-order valence-corrected chi connectivity index (χ0v) is 9.90. The molecule has 1 aromatic rings. The molecule has 0 aliphatic heterocycles. The molecule has 16 heavy (non-hydrogen) atoms. The first kappa shape index (κ1) is 12.6. The molecule has 0 aliphatic carbocycles. The van der Waals surface area contributed by atoms with Gasteiger partial charge in [-0.05, 0) is 24.0 Å². The highest BCUT2D eigenvalue weighted by Crippen LogP contribution is 2.25. The molecule has 0 bridgehead atoms. The predicted molar refractivity (Wildman–Crippen MR) is 64.5 cm³/mol. The predicted octanol–water partition coefficient (Wildman–Crippen LogP) is 2.45. The standard InChI is InChI=1S/C13H19NO2/c1-10(2)11-6-3-4-7-12(11)16-9-5-8-13(14)15/h3-4,6-7,10H,5,8-9H2,1-2H3,(H2,14,15). The van der Waals surface area contributed by atoms with Crippen LogP contribution in [0.1, 0.15) is 38.2 Å². The Balaban J connectivity index is 2.50. The SMILES string of the molecule is CC(C)c1ccccc1OCCCC(N)=O. The molecule has 1 amide bonds. The Morgan fingerprint density at radius 2 is 2.06 bits per heavy atom. The average molecular weight is 221 g/mol. The number of ether oxygens (including phenoxy) is 1. The summed E-state index contributed by atoms with van der Waals surface area (Å²) in [5, 5.41) is 0. The second kappa shape index (κ2) is 6.16. The number of hydrogen-bond donors (Lipinski definition) is 1. The first-order valence-electron chi connectivity index (χ1n) is 5.61. The van der Waals surface area contributed by atoms with Crippen LogP contribution in [0.5, 0.6) is 5.75 Å². The van der Waals surface area contributed by atoms with Crippen molar-refractivity contribution in [2.75, 3.05) is 6.61 Å². The molecular formula is C13H19NO2. The number of carbonyl (C=O) groups excluding carboxylic acids is 1. The Morgan fingerprint density at radius 3 is 2.69 bits per heavy atom.